The van der Waals surface area contributed by atoms with E-state index >= 15 is 0 Å². The third kappa shape index (κ3) is 2.31. The molecule has 2 aromatic rings. The zero-order valence-corrected chi connectivity index (χ0v) is 9.25. The van der Waals surface area contributed by atoms with Crippen LogP contribution in [0.15, 0.2) is 30.5 Å². The van der Waals surface area contributed by atoms with Crippen molar-refractivity contribution in [1.82, 2.24) is 4.98 Å². The van der Waals surface area contributed by atoms with E-state index < -0.39 is 12.4 Å². The number of aromatic carboxylic acids is 1. The standard InChI is InChI=1S/C11H7F2NO2S/c12-9(13)6-3-1-2-4-7(6)10-14-5-8(17-10)11(15)16/h1-5,9H,(H,15,16). The highest BCUT2D eigenvalue weighted by Gasteiger charge is 2.17. The van der Waals surface area contributed by atoms with Crippen LogP contribution in [0.25, 0.3) is 10.6 Å². The molecule has 1 N–H and O–H groups in total. The van der Waals surface area contributed by atoms with E-state index in [1.165, 1.54) is 24.4 Å². The summed E-state index contributed by atoms with van der Waals surface area (Å²) in [6.45, 7) is 0. The molecule has 0 amide bonds. The molecule has 0 aliphatic carbocycles. The Balaban J connectivity index is 2.48. The minimum atomic E-state index is -2.61. The van der Waals surface area contributed by atoms with Crippen molar-refractivity contribution >= 4 is 17.3 Å². The van der Waals surface area contributed by atoms with Gasteiger partial charge in [-0.1, -0.05) is 24.3 Å². The van der Waals surface area contributed by atoms with Crippen LogP contribution in [0.5, 0.6) is 0 Å². The third-order valence-corrected chi connectivity index (χ3v) is 3.16. The number of rotatable bonds is 3. The maximum atomic E-state index is 12.7. The van der Waals surface area contributed by atoms with Crippen molar-refractivity contribution in [2.45, 2.75) is 6.43 Å². The van der Waals surface area contributed by atoms with Crippen molar-refractivity contribution in [3.05, 3.63) is 40.9 Å². The van der Waals surface area contributed by atoms with Gasteiger partial charge in [0.25, 0.3) is 6.43 Å². The number of hydrogen-bond acceptors (Lipinski definition) is 3. The first-order chi connectivity index (χ1) is 8.09. The smallest absolute Gasteiger partial charge is 0.347 e. The highest BCUT2D eigenvalue weighted by Crippen LogP contribution is 2.33. The van der Waals surface area contributed by atoms with Gasteiger partial charge in [-0.2, -0.15) is 0 Å². The van der Waals surface area contributed by atoms with Crippen molar-refractivity contribution in [3.8, 4) is 10.6 Å². The van der Waals surface area contributed by atoms with Crippen molar-refractivity contribution in [1.29, 1.82) is 0 Å². The molecule has 1 aromatic heterocycles. The minimum absolute atomic E-state index is 0.0315. The summed E-state index contributed by atoms with van der Waals surface area (Å²) in [4.78, 5) is 14.6. The Morgan fingerprint density at radius 2 is 2.06 bits per heavy atom. The number of benzene rings is 1. The summed E-state index contributed by atoms with van der Waals surface area (Å²) in [5, 5.41) is 9.04. The summed E-state index contributed by atoms with van der Waals surface area (Å²) < 4.78 is 25.5. The first-order valence-electron chi connectivity index (χ1n) is 4.66. The van der Waals surface area contributed by atoms with E-state index in [9.17, 15) is 13.6 Å². The largest absolute Gasteiger partial charge is 0.477 e. The Morgan fingerprint density at radius 1 is 1.35 bits per heavy atom. The average Bonchev–Trinajstić information content (AvgIpc) is 2.78. The predicted molar refractivity (Wildman–Crippen MR) is 59.5 cm³/mol. The zero-order valence-electron chi connectivity index (χ0n) is 8.43. The van der Waals surface area contributed by atoms with Gasteiger partial charge in [-0.3, -0.25) is 0 Å². The quantitative estimate of drug-likeness (QED) is 0.913. The van der Waals surface area contributed by atoms with E-state index in [1.807, 2.05) is 0 Å². The second kappa shape index (κ2) is 4.58. The number of carboxylic acids is 1. The minimum Gasteiger partial charge on any atom is -0.477 e. The molecule has 17 heavy (non-hydrogen) atoms. The van der Waals surface area contributed by atoms with Crippen LogP contribution in [0.4, 0.5) is 8.78 Å². The number of carbonyl (C=O) groups is 1. The van der Waals surface area contributed by atoms with Crippen molar-refractivity contribution in [2.75, 3.05) is 0 Å². The van der Waals surface area contributed by atoms with Gasteiger partial charge in [-0.15, -0.1) is 11.3 Å². The molecule has 0 radical (unpaired) electrons. The van der Waals surface area contributed by atoms with E-state index in [-0.39, 0.29) is 16.0 Å². The third-order valence-electron chi connectivity index (χ3n) is 2.14. The number of nitrogens with zero attached hydrogens (tertiary/aromatic N) is 1. The molecule has 0 unspecified atom stereocenters. The Morgan fingerprint density at radius 3 is 2.65 bits per heavy atom. The van der Waals surface area contributed by atoms with E-state index in [0.717, 1.165) is 11.3 Å². The second-order valence-electron chi connectivity index (χ2n) is 3.22. The molecule has 88 valence electrons. The van der Waals surface area contributed by atoms with Gasteiger partial charge < -0.3 is 5.11 Å². The number of aromatic nitrogens is 1. The van der Waals surface area contributed by atoms with Gasteiger partial charge in [0.1, 0.15) is 9.88 Å². The van der Waals surface area contributed by atoms with Gasteiger partial charge in [-0.25, -0.2) is 18.6 Å². The van der Waals surface area contributed by atoms with Gasteiger partial charge in [0.2, 0.25) is 0 Å². The number of thiazole rings is 1. The van der Waals surface area contributed by atoms with Gasteiger partial charge in [-0.05, 0) is 0 Å². The molecule has 0 saturated heterocycles. The fraction of sp³-hybridized carbons (Fsp3) is 0.0909. The molecule has 0 spiro atoms. The Bertz CT molecular complexity index is 554. The lowest BCUT2D eigenvalue weighted by molar-refractivity contribution is 0.0702. The lowest BCUT2D eigenvalue weighted by atomic mass is 10.1. The molecule has 0 bridgehead atoms. The van der Waals surface area contributed by atoms with Gasteiger partial charge in [0, 0.05) is 11.1 Å². The number of carboxylic acid groups (broad SMARTS) is 1. The second-order valence-corrected chi connectivity index (χ2v) is 4.25. The van der Waals surface area contributed by atoms with Crippen LogP contribution in [-0.4, -0.2) is 16.1 Å². The highest BCUT2D eigenvalue weighted by molar-refractivity contribution is 7.16. The van der Waals surface area contributed by atoms with E-state index in [1.54, 1.807) is 6.07 Å². The first-order valence-corrected chi connectivity index (χ1v) is 5.48. The molecule has 3 nitrogen and oxygen atoms in total. The van der Waals surface area contributed by atoms with E-state index in [4.69, 9.17) is 5.11 Å². The first kappa shape index (κ1) is 11.7. The van der Waals surface area contributed by atoms with Crippen LogP contribution < -0.4 is 0 Å². The van der Waals surface area contributed by atoms with Crippen molar-refractivity contribution in [3.63, 3.8) is 0 Å². The molecular formula is C11H7F2NO2S. The maximum Gasteiger partial charge on any atom is 0.347 e. The summed E-state index contributed by atoms with van der Waals surface area (Å²) in [5.41, 5.74) is 0.138. The van der Waals surface area contributed by atoms with Crippen LogP contribution >= 0.6 is 11.3 Å². The normalized spacial score (nSPS) is 10.8. The molecule has 0 atom stereocenters. The molecule has 0 saturated carbocycles. The summed E-state index contributed by atoms with van der Waals surface area (Å²) >= 11 is 0.882. The molecule has 2 rings (SSSR count). The highest BCUT2D eigenvalue weighted by atomic mass is 32.1. The number of alkyl halides is 2. The van der Waals surface area contributed by atoms with Crippen LogP contribution in [0, 0.1) is 0 Å². The van der Waals surface area contributed by atoms with Crippen LogP contribution in [0.2, 0.25) is 0 Å². The van der Waals surface area contributed by atoms with Gasteiger partial charge in [0.15, 0.2) is 0 Å². The Hall–Kier alpha value is -1.82. The van der Waals surface area contributed by atoms with E-state index in [0.29, 0.717) is 5.01 Å². The number of halogens is 2. The van der Waals surface area contributed by atoms with Gasteiger partial charge >= 0.3 is 5.97 Å². The van der Waals surface area contributed by atoms with Crippen LogP contribution in [-0.2, 0) is 0 Å². The molecule has 0 aliphatic heterocycles. The SMILES string of the molecule is O=C(O)c1cnc(-c2ccccc2C(F)F)s1. The van der Waals surface area contributed by atoms with Crippen molar-refractivity contribution < 1.29 is 18.7 Å². The molecule has 6 heteroatoms. The summed E-state index contributed by atoms with van der Waals surface area (Å²) in [6.07, 6.45) is -1.44. The summed E-state index contributed by atoms with van der Waals surface area (Å²) in [5.74, 6) is -1.11. The lowest BCUT2D eigenvalue weighted by Gasteiger charge is -2.04. The fourth-order valence-electron chi connectivity index (χ4n) is 1.38. The molecular weight excluding hydrogens is 248 g/mol. The molecule has 0 fully saturated rings. The summed E-state index contributed by atoms with van der Waals surface area (Å²) in [7, 11) is 0. The number of hydrogen-bond donors (Lipinski definition) is 1. The molecule has 1 aromatic carbocycles. The maximum absolute atomic E-state index is 12.7. The predicted octanol–water partition coefficient (Wildman–Crippen LogP) is 3.45. The lowest BCUT2D eigenvalue weighted by Crippen LogP contribution is -1.90. The molecule has 1 heterocycles. The van der Waals surface area contributed by atoms with E-state index in [2.05, 4.69) is 4.98 Å². The molecule has 0 aliphatic rings. The van der Waals surface area contributed by atoms with Crippen LogP contribution in [0.3, 0.4) is 0 Å². The zero-order chi connectivity index (χ0) is 12.4. The fourth-order valence-corrected chi connectivity index (χ4v) is 2.18. The summed E-state index contributed by atoms with van der Waals surface area (Å²) in [6, 6.07) is 5.94. The van der Waals surface area contributed by atoms with Crippen LogP contribution in [0.1, 0.15) is 21.7 Å². The Kier molecular flexibility index (Phi) is 3.14. The monoisotopic (exact) mass is 255 g/mol. The van der Waals surface area contributed by atoms with Gasteiger partial charge in [0.05, 0.1) is 6.20 Å². The van der Waals surface area contributed by atoms with Crippen molar-refractivity contribution in [2.24, 2.45) is 0 Å². The topological polar surface area (TPSA) is 50.2 Å². The Labute approximate surface area is 99.4 Å². The average molecular weight is 255 g/mol.